The van der Waals surface area contributed by atoms with Crippen molar-refractivity contribution in [2.24, 2.45) is 0 Å². The van der Waals surface area contributed by atoms with Gasteiger partial charge in [0.05, 0.1) is 24.5 Å². The molecule has 0 heterocycles. The van der Waals surface area contributed by atoms with Crippen LogP contribution in [0.25, 0.3) is 0 Å². The molecular formula is C12H14N2O4S. The van der Waals surface area contributed by atoms with E-state index in [1.807, 2.05) is 6.07 Å². The molecule has 0 N–H and O–H groups in total. The summed E-state index contributed by atoms with van der Waals surface area (Å²) in [6.07, 6.45) is 0. The lowest BCUT2D eigenvalue weighted by Crippen LogP contribution is -2.33. The number of sulfonamides is 1. The van der Waals surface area contributed by atoms with E-state index < -0.39 is 16.0 Å². The normalized spacial score (nSPS) is 11.1. The van der Waals surface area contributed by atoms with Gasteiger partial charge in [0.25, 0.3) is 0 Å². The van der Waals surface area contributed by atoms with Gasteiger partial charge in [0.2, 0.25) is 10.0 Å². The van der Waals surface area contributed by atoms with Crippen LogP contribution in [0.2, 0.25) is 0 Å². The minimum atomic E-state index is -3.67. The molecule has 0 atom stereocenters. The highest BCUT2D eigenvalue weighted by molar-refractivity contribution is 7.88. The number of methoxy groups -OCH3 is 1. The Morgan fingerprint density at radius 3 is 2.63 bits per heavy atom. The summed E-state index contributed by atoms with van der Waals surface area (Å²) in [7, 11) is -1.19. The van der Waals surface area contributed by atoms with Crippen molar-refractivity contribution in [3.63, 3.8) is 0 Å². The Hall–Kier alpha value is -1.91. The summed E-state index contributed by atoms with van der Waals surface area (Å²) in [4.78, 5) is 11.1. The molecule has 0 fully saturated rings. The molecule has 7 heteroatoms. The van der Waals surface area contributed by atoms with Gasteiger partial charge in [0, 0.05) is 7.05 Å². The second-order valence-electron chi connectivity index (χ2n) is 3.86. The summed E-state index contributed by atoms with van der Waals surface area (Å²) in [5.74, 6) is -0.968. The highest BCUT2D eigenvalue weighted by atomic mass is 32.2. The molecule has 0 unspecified atom stereocenters. The lowest BCUT2D eigenvalue weighted by molar-refractivity contribution is -0.140. The highest BCUT2D eigenvalue weighted by Crippen LogP contribution is 2.13. The first-order valence-electron chi connectivity index (χ1n) is 5.39. The molecule has 102 valence electrons. The topological polar surface area (TPSA) is 87.5 Å². The van der Waals surface area contributed by atoms with E-state index in [2.05, 4.69) is 4.74 Å². The van der Waals surface area contributed by atoms with Gasteiger partial charge in [0.1, 0.15) is 6.54 Å². The van der Waals surface area contributed by atoms with Crippen molar-refractivity contribution in [1.82, 2.24) is 4.31 Å². The van der Waals surface area contributed by atoms with Gasteiger partial charge in [-0.25, -0.2) is 8.42 Å². The Balaban J connectivity index is 2.91. The Labute approximate surface area is 112 Å². The van der Waals surface area contributed by atoms with Crippen molar-refractivity contribution < 1.29 is 17.9 Å². The number of carbonyl (C=O) groups is 1. The van der Waals surface area contributed by atoms with Crippen molar-refractivity contribution in [1.29, 1.82) is 5.26 Å². The molecule has 0 aliphatic rings. The molecule has 1 aromatic carbocycles. The van der Waals surface area contributed by atoms with E-state index in [9.17, 15) is 13.2 Å². The van der Waals surface area contributed by atoms with Gasteiger partial charge in [0.15, 0.2) is 0 Å². The van der Waals surface area contributed by atoms with E-state index in [1.54, 1.807) is 24.3 Å². The summed E-state index contributed by atoms with van der Waals surface area (Å²) < 4.78 is 29.4. The number of rotatable bonds is 5. The first-order chi connectivity index (χ1) is 8.90. The van der Waals surface area contributed by atoms with Crippen molar-refractivity contribution in [3.8, 4) is 6.07 Å². The van der Waals surface area contributed by atoms with Crippen LogP contribution in [0.4, 0.5) is 0 Å². The molecule has 19 heavy (non-hydrogen) atoms. The average molecular weight is 282 g/mol. The highest BCUT2D eigenvalue weighted by Gasteiger charge is 2.22. The second kappa shape index (κ2) is 6.31. The number of hydrogen-bond acceptors (Lipinski definition) is 5. The van der Waals surface area contributed by atoms with Crippen LogP contribution < -0.4 is 0 Å². The number of nitriles is 1. The third-order valence-corrected chi connectivity index (χ3v) is 4.28. The summed E-state index contributed by atoms with van der Waals surface area (Å²) in [6, 6.07) is 8.37. The largest absolute Gasteiger partial charge is 0.468 e. The minimum absolute atomic E-state index is 0.303. The van der Waals surface area contributed by atoms with Crippen molar-refractivity contribution in [2.45, 2.75) is 5.75 Å². The molecule has 0 saturated carbocycles. The number of nitrogens with zero attached hydrogens (tertiary/aromatic N) is 2. The first kappa shape index (κ1) is 15.1. The van der Waals surface area contributed by atoms with E-state index in [4.69, 9.17) is 5.26 Å². The molecule has 0 spiro atoms. The molecule has 1 rings (SSSR count). The van der Waals surface area contributed by atoms with Crippen LogP contribution in [0.5, 0.6) is 0 Å². The van der Waals surface area contributed by atoms with E-state index in [-0.39, 0.29) is 12.3 Å². The standard InChI is InChI=1S/C12H14N2O4S/c1-14(8-12(15)18-2)19(16,17)9-11-6-4-3-5-10(11)7-13/h3-6H,8-9H2,1-2H3. The van der Waals surface area contributed by atoms with Gasteiger partial charge in [-0.1, -0.05) is 18.2 Å². The molecule has 1 aromatic rings. The molecular weight excluding hydrogens is 268 g/mol. The second-order valence-corrected chi connectivity index (χ2v) is 5.93. The predicted molar refractivity (Wildman–Crippen MR) is 68.4 cm³/mol. The Morgan fingerprint density at radius 2 is 2.05 bits per heavy atom. The summed E-state index contributed by atoms with van der Waals surface area (Å²) in [5, 5.41) is 8.90. The number of likely N-dealkylation sites (N-methyl/N-ethyl adjacent to an activating group) is 1. The zero-order chi connectivity index (χ0) is 14.5. The zero-order valence-corrected chi connectivity index (χ0v) is 11.5. The molecule has 0 bridgehead atoms. The summed E-state index contributed by atoms with van der Waals surface area (Å²) >= 11 is 0. The van der Waals surface area contributed by atoms with Gasteiger partial charge in [-0.3, -0.25) is 4.79 Å². The number of esters is 1. The zero-order valence-electron chi connectivity index (χ0n) is 10.7. The van der Waals surface area contributed by atoms with E-state index in [1.165, 1.54) is 14.2 Å². The molecule has 6 nitrogen and oxygen atoms in total. The Bertz CT molecular complexity index is 604. The van der Waals surface area contributed by atoms with Crippen molar-refractivity contribution >= 4 is 16.0 Å². The monoisotopic (exact) mass is 282 g/mol. The minimum Gasteiger partial charge on any atom is -0.468 e. The maximum atomic E-state index is 12.0. The lowest BCUT2D eigenvalue weighted by atomic mass is 10.1. The van der Waals surface area contributed by atoms with E-state index in [0.717, 1.165) is 4.31 Å². The number of benzene rings is 1. The van der Waals surface area contributed by atoms with Crippen molar-refractivity contribution in [3.05, 3.63) is 35.4 Å². The fraction of sp³-hybridized carbons (Fsp3) is 0.333. The Kier molecular flexibility index (Phi) is 5.03. The Morgan fingerprint density at radius 1 is 1.42 bits per heavy atom. The summed E-state index contributed by atoms with van der Waals surface area (Å²) in [6.45, 7) is -0.354. The third-order valence-electron chi connectivity index (χ3n) is 2.53. The first-order valence-corrected chi connectivity index (χ1v) is 7.00. The van der Waals surface area contributed by atoms with Crippen LogP contribution in [-0.4, -0.2) is 39.4 Å². The number of carbonyl (C=O) groups excluding carboxylic acids is 1. The van der Waals surface area contributed by atoms with Gasteiger partial charge < -0.3 is 4.74 Å². The van der Waals surface area contributed by atoms with Crippen LogP contribution in [0.15, 0.2) is 24.3 Å². The SMILES string of the molecule is COC(=O)CN(C)S(=O)(=O)Cc1ccccc1C#N. The maximum Gasteiger partial charge on any atom is 0.320 e. The van der Waals surface area contributed by atoms with Crippen LogP contribution in [-0.2, 0) is 25.3 Å². The summed E-state index contributed by atoms with van der Waals surface area (Å²) in [5.41, 5.74) is 0.708. The van der Waals surface area contributed by atoms with E-state index in [0.29, 0.717) is 11.1 Å². The number of hydrogen-bond donors (Lipinski definition) is 0. The quantitative estimate of drug-likeness (QED) is 0.734. The molecule has 0 amide bonds. The third kappa shape index (κ3) is 4.05. The van der Waals surface area contributed by atoms with Crippen molar-refractivity contribution in [2.75, 3.05) is 20.7 Å². The predicted octanol–water partition coefficient (Wildman–Crippen LogP) is 0.493. The van der Waals surface area contributed by atoms with Gasteiger partial charge >= 0.3 is 5.97 Å². The van der Waals surface area contributed by atoms with Gasteiger partial charge in [-0.05, 0) is 11.6 Å². The van der Waals surface area contributed by atoms with Crippen LogP contribution in [0.3, 0.4) is 0 Å². The van der Waals surface area contributed by atoms with Crippen LogP contribution >= 0.6 is 0 Å². The molecule has 0 saturated heterocycles. The van der Waals surface area contributed by atoms with Gasteiger partial charge in [-0.2, -0.15) is 9.57 Å². The molecule has 0 aromatic heterocycles. The average Bonchev–Trinajstić information content (AvgIpc) is 2.38. The van der Waals surface area contributed by atoms with Gasteiger partial charge in [-0.15, -0.1) is 0 Å². The lowest BCUT2D eigenvalue weighted by Gasteiger charge is -2.16. The molecule has 0 aliphatic carbocycles. The van der Waals surface area contributed by atoms with Crippen LogP contribution in [0.1, 0.15) is 11.1 Å². The van der Waals surface area contributed by atoms with Crippen LogP contribution in [0, 0.1) is 11.3 Å². The fourth-order valence-electron chi connectivity index (χ4n) is 1.41. The molecule has 0 radical (unpaired) electrons. The maximum absolute atomic E-state index is 12.0. The fourth-order valence-corrected chi connectivity index (χ4v) is 2.57. The number of ether oxygens (including phenoxy) is 1. The molecule has 0 aliphatic heterocycles. The van der Waals surface area contributed by atoms with E-state index >= 15 is 0 Å². The smallest absolute Gasteiger partial charge is 0.320 e.